The molecule has 2 aromatic carbocycles. The second kappa shape index (κ2) is 17.8. The number of primary amides is 1. The van der Waals surface area contributed by atoms with Gasteiger partial charge in [-0.05, 0) is 43.4 Å². The van der Waals surface area contributed by atoms with Crippen molar-refractivity contribution >= 4 is 68.0 Å². The van der Waals surface area contributed by atoms with Crippen LogP contribution in [0.5, 0.6) is 0 Å². The van der Waals surface area contributed by atoms with Crippen molar-refractivity contribution in [1.29, 1.82) is 0 Å². The molecule has 13 nitrogen and oxygen atoms in total. The number of carboxylic acids is 1. The van der Waals surface area contributed by atoms with Gasteiger partial charge in [0.15, 0.2) is 0 Å². The fraction of sp³-hybridized carbons (Fsp3) is 0.412. The second-order valence-corrected chi connectivity index (χ2v) is 14.8. The number of aromatic nitrogens is 1. The molecular formula is C34H42N6O7S2. The Bertz CT molecular complexity index is 1650. The third-order valence-electron chi connectivity index (χ3n) is 8.17. The summed E-state index contributed by atoms with van der Waals surface area (Å²) in [5, 5.41) is 21.1. The maximum atomic E-state index is 14.1. The Morgan fingerprint density at radius 3 is 2.43 bits per heavy atom. The molecule has 0 radical (unpaired) electrons. The highest BCUT2D eigenvalue weighted by molar-refractivity contribution is 8.76. The lowest BCUT2D eigenvalue weighted by molar-refractivity contribution is -0.141. The summed E-state index contributed by atoms with van der Waals surface area (Å²) in [5.74, 6) is -3.56. The molecule has 4 atom stereocenters. The number of fused-ring (bicyclic) bond motifs is 1. The molecule has 1 aliphatic rings. The molecule has 8 N–H and O–H groups in total. The smallest absolute Gasteiger partial charge is 0.305 e. The average Bonchev–Trinajstić information content (AvgIpc) is 3.46. The maximum Gasteiger partial charge on any atom is 0.305 e. The number of aromatic amines is 1. The first-order chi connectivity index (χ1) is 23.4. The lowest BCUT2D eigenvalue weighted by Crippen LogP contribution is -2.62. The van der Waals surface area contributed by atoms with Crippen molar-refractivity contribution in [3.8, 4) is 0 Å². The molecule has 3 aromatic rings. The second-order valence-electron chi connectivity index (χ2n) is 12.1. The predicted molar refractivity (Wildman–Crippen MR) is 189 cm³/mol. The van der Waals surface area contributed by atoms with E-state index in [0.29, 0.717) is 17.7 Å². The van der Waals surface area contributed by atoms with E-state index in [4.69, 9.17) is 5.73 Å². The number of nitrogens with one attached hydrogen (secondary N) is 5. The van der Waals surface area contributed by atoms with Gasteiger partial charge in [-0.25, -0.2) is 0 Å². The molecular weight excluding hydrogens is 669 g/mol. The summed E-state index contributed by atoms with van der Waals surface area (Å²) in [4.78, 5) is 81.4. The normalized spacial score (nSPS) is 20.6. The SMILES string of the molecule is C[C@]1(Cc2c[nH]c3ccccc23)NC(=O)CCCCSSCC[C@H](C(=O)N[C@@H](CC(=O)O)C(=O)N[C@@H](Cc2ccccc2)C(N)=O)NC1=O. The van der Waals surface area contributed by atoms with Crippen LogP contribution in [0.1, 0.15) is 50.2 Å². The molecule has 1 aromatic heterocycles. The number of benzene rings is 2. The predicted octanol–water partition coefficient (Wildman–Crippen LogP) is 2.20. The number of H-pyrrole nitrogens is 1. The van der Waals surface area contributed by atoms with Crippen LogP contribution in [-0.4, -0.2) is 80.8 Å². The molecule has 1 aliphatic heterocycles. The van der Waals surface area contributed by atoms with E-state index in [1.54, 1.807) is 54.2 Å². The summed E-state index contributed by atoms with van der Waals surface area (Å²) >= 11 is 0. The van der Waals surface area contributed by atoms with E-state index in [1.807, 2.05) is 24.3 Å². The summed E-state index contributed by atoms with van der Waals surface area (Å²) < 4.78 is 0. The molecule has 15 heteroatoms. The van der Waals surface area contributed by atoms with Crippen LogP contribution in [0.25, 0.3) is 10.9 Å². The van der Waals surface area contributed by atoms with Gasteiger partial charge in [0.25, 0.3) is 0 Å². The van der Waals surface area contributed by atoms with Crippen LogP contribution in [0, 0.1) is 0 Å². The lowest BCUT2D eigenvalue weighted by Gasteiger charge is -2.32. The Hall–Kier alpha value is -4.50. The summed E-state index contributed by atoms with van der Waals surface area (Å²) in [5.41, 5.74) is 6.46. The molecule has 1 fully saturated rings. The Kier molecular flexibility index (Phi) is 13.5. The van der Waals surface area contributed by atoms with E-state index >= 15 is 0 Å². The van der Waals surface area contributed by atoms with Crippen molar-refractivity contribution in [2.24, 2.45) is 5.73 Å². The molecule has 0 saturated carbocycles. The summed E-state index contributed by atoms with van der Waals surface area (Å²) in [6.07, 6.45) is 3.02. The zero-order chi connectivity index (χ0) is 35.4. The molecule has 0 unspecified atom stereocenters. The Morgan fingerprint density at radius 2 is 1.69 bits per heavy atom. The molecule has 49 heavy (non-hydrogen) atoms. The highest BCUT2D eigenvalue weighted by atomic mass is 33.1. The Balaban J connectivity index is 1.56. The minimum absolute atomic E-state index is 0.0595. The van der Waals surface area contributed by atoms with Gasteiger partial charge in [-0.15, -0.1) is 0 Å². The van der Waals surface area contributed by atoms with E-state index in [9.17, 15) is 33.9 Å². The number of carboxylic acid groups (broad SMARTS) is 1. The quantitative estimate of drug-likeness (QED) is 0.145. The van der Waals surface area contributed by atoms with Crippen LogP contribution in [0.2, 0.25) is 0 Å². The first-order valence-corrected chi connectivity index (χ1v) is 18.5. The van der Waals surface area contributed by atoms with Crippen molar-refractivity contribution < 1.29 is 33.9 Å². The summed E-state index contributed by atoms with van der Waals surface area (Å²) in [6, 6.07) is 12.5. The van der Waals surface area contributed by atoms with Gasteiger partial charge in [-0.1, -0.05) is 70.1 Å². The molecule has 1 saturated heterocycles. The van der Waals surface area contributed by atoms with Crippen molar-refractivity contribution in [2.75, 3.05) is 11.5 Å². The molecule has 2 heterocycles. The van der Waals surface area contributed by atoms with Crippen LogP contribution in [0.4, 0.5) is 0 Å². The van der Waals surface area contributed by atoms with Gasteiger partial charge in [-0.2, -0.15) is 0 Å². The number of para-hydroxylation sites is 1. The standard InChI is InChI=1S/C34H42N6O7S2/c1-34(19-22-20-36-24-12-6-5-11-23(22)24)33(47)39-25(14-16-49-48-15-8-7-13-28(41)40-34)31(45)38-27(18-29(42)43)32(46)37-26(30(35)44)17-21-9-3-2-4-10-21/h2-6,9-12,20,25-27,36H,7-8,13-19H2,1H3,(H2,35,44)(H,37,46)(H,38,45)(H,39,47)(H,40,41)(H,42,43)/t25-,26+,27+,34-/m1/s1. The van der Waals surface area contributed by atoms with E-state index < -0.39 is 59.7 Å². The van der Waals surface area contributed by atoms with E-state index in [0.717, 1.165) is 28.6 Å². The van der Waals surface area contributed by atoms with E-state index in [1.165, 1.54) is 10.8 Å². The van der Waals surface area contributed by atoms with E-state index in [-0.39, 0.29) is 31.6 Å². The van der Waals surface area contributed by atoms with Crippen molar-refractivity contribution in [3.63, 3.8) is 0 Å². The molecule has 262 valence electrons. The highest BCUT2D eigenvalue weighted by Gasteiger charge is 2.39. The van der Waals surface area contributed by atoms with Crippen LogP contribution in [0.3, 0.4) is 0 Å². The number of hydrogen-bond acceptors (Lipinski definition) is 8. The van der Waals surface area contributed by atoms with Gasteiger partial charge in [0.1, 0.15) is 23.7 Å². The number of rotatable bonds is 11. The van der Waals surface area contributed by atoms with Crippen molar-refractivity contribution in [3.05, 3.63) is 71.9 Å². The van der Waals surface area contributed by atoms with Crippen LogP contribution in [-0.2, 0) is 41.6 Å². The van der Waals surface area contributed by atoms with Crippen molar-refractivity contribution in [1.82, 2.24) is 26.3 Å². The molecule has 4 rings (SSSR count). The molecule has 0 aliphatic carbocycles. The van der Waals surface area contributed by atoms with Gasteiger partial charge in [-0.3, -0.25) is 28.8 Å². The third-order valence-corrected chi connectivity index (χ3v) is 10.7. The van der Waals surface area contributed by atoms with Crippen LogP contribution >= 0.6 is 21.6 Å². The lowest BCUT2D eigenvalue weighted by atomic mass is 9.90. The third kappa shape index (κ3) is 11.0. The zero-order valence-electron chi connectivity index (χ0n) is 27.2. The zero-order valence-corrected chi connectivity index (χ0v) is 28.8. The number of carbonyl (C=O) groups excluding carboxylic acids is 5. The van der Waals surface area contributed by atoms with Crippen LogP contribution < -0.4 is 27.0 Å². The van der Waals surface area contributed by atoms with Gasteiger partial charge in [0, 0.05) is 47.9 Å². The van der Waals surface area contributed by atoms with Gasteiger partial charge in [0.05, 0.1) is 6.42 Å². The molecule has 0 bridgehead atoms. The number of nitrogens with two attached hydrogens (primary N) is 1. The minimum atomic E-state index is -1.58. The van der Waals surface area contributed by atoms with Crippen LogP contribution in [0.15, 0.2) is 60.8 Å². The highest BCUT2D eigenvalue weighted by Crippen LogP contribution is 2.26. The molecule has 0 spiro atoms. The van der Waals surface area contributed by atoms with E-state index in [2.05, 4.69) is 26.3 Å². The average molecular weight is 711 g/mol. The summed E-state index contributed by atoms with van der Waals surface area (Å²) in [7, 11) is 3.10. The minimum Gasteiger partial charge on any atom is -0.481 e. The number of amides is 5. The first-order valence-electron chi connectivity index (χ1n) is 16.0. The topological polar surface area (TPSA) is 213 Å². The van der Waals surface area contributed by atoms with Crippen molar-refractivity contribution in [2.45, 2.75) is 75.5 Å². The Morgan fingerprint density at radius 1 is 0.980 bits per heavy atom. The first kappa shape index (κ1) is 37.3. The van der Waals surface area contributed by atoms with Gasteiger partial charge in [0.2, 0.25) is 29.5 Å². The largest absolute Gasteiger partial charge is 0.481 e. The fourth-order valence-corrected chi connectivity index (χ4v) is 7.77. The number of aliphatic carboxylic acids is 1. The maximum absolute atomic E-state index is 14.1. The van der Waals surface area contributed by atoms with Gasteiger partial charge < -0.3 is 37.1 Å². The van der Waals surface area contributed by atoms with Gasteiger partial charge >= 0.3 is 5.97 Å². The Labute approximate surface area is 292 Å². The summed E-state index contributed by atoms with van der Waals surface area (Å²) in [6.45, 7) is 1.60. The molecule has 5 amide bonds. The number of hydrogen-bond donors (Lipinski definition) is 7. The monoisotopic (exact) mass is 710 g/mol. The number of carbonyl (C=O) groups is 6. The fourth-order valence-electron chi connectivity index (χ4n) is 5.53.